The zero-order valence-electron chi connectivity index (χ0n) is 17.8. The lowest BCUT2D eigenvalue weighted by molar-refractivity contribution is 0.600. The Kier molecular flexibility index (Phi) is 4.22. The Labute approximate surface area is 185 Å². The highest BCUT2D eigenvalue weighted by Gasteiger charge is 2.21. The number of fused-ring (bicyclic) bond motifs is 3. The first-order chi connectivity index (χ1) is 15.7. The van der Waals surface area contributed by atoms with E-state index in [0.717, 1.165) is 63.6 Å². The predicted molar refractivity (Wildman–Crippen MR) is 126 cm³/mol. The standard InChI is InChI=1S/C26H22N6/c1-32-15-19-12-18(6-9-23(19)31-32)26-22-13-20(7-10-25(22)29-30-26)28-24-4-2-3-17-11-16(14-27)5-8-21(17)24/h5-13,15,24,28H,2-4H2,1H3,(H,29,30)/t24-/m0/s1. The Bertz CT molecular complexity index is 1520. The summed E-state index contributed by atoms with van der Waals surface area (Å²) < 4.78 is 1.83. The quantitative estimate of drug-likeness (QED) is 0.407. The molecule has 0 bridgehead atoms. The van der Waals surface area contributed by atoms with E-state index >= 15 is 0 Å². The second-order valence-corrected chi connectivity index (χ2v) is 8.52. The molecule has 32 heavy (non-hydrogen) atoms. The third-order valence-corrected chi connectivity index (χ3v) is 6.38. The van der Waals surface area contributed by atoms with Crippen molar-refractivity contribution in [1.82, 2.24) is 20.0 Å². The van der Waals surface area contributed by atoms with E-state index in [2.05, 4.69) is 63.1 Å². The molecule has 1 atom stereocenters. The van der Waals surface area contributed by atoms with Crippen molar-refractivity contribution < 1.29 is 0 Å². The number of nitrogens with zero attached hydrogens (tertiary/aromatic N) is 4. The number of anilines is 1. The molecular weight excluding hydrogens is 396 g/mol. The van der Waals surface area contributed by atoms with Crippen LogP contribution in [0.3, 0.4) is 0 Å². The summed E-state index contributed by atoms with van der Waals surface area (Å²) in [5.41, 5.74) is 8.39. The van der Waals surface area contributed by atoms with Crippen molar-refractivity contribution in [2.45, 2.75) is 25.3 Å². The van der Waals surface area contributed by atoms with Gasteiger partial charge in [-0.3, -0.25) is 9.78 Å². The Balaban J connectivity index is 1.36. The Morgan fingerprint density at radius 1 is 1.12 bits per heavy atom. The van der Waals surface area contributed by atoms with E-state index in [1.54, 1.807) is 0 Å². The molecule has 1 aliphatic rings. The smallest absolute Gasteiger partial charge is 0.1000 e. The minimum atomic E-state index is 0.242. The molecule has 0 saturated carbocycles. The summed E-state index contributed by atoms with van der Waals surface area (Å²) in [6, 6.07) is 21.2. The fraction of sp³-hybridized carbons (Fsp3) is 0.192. The van der Waals surface area contributed by atoms with Crippen molar-refractivity contribution in [2.75, 3.05) is 5.32 Å². The van der Waals surface area contributed by atoms with E-state index in [-0.39, 0.29) is 6.04 Å². The molecule has 0 spiro atoms. The van der Waals surface area contributed by atoms with Gasteiger partial charge in [-0.1, -0.05) is 12.1 Å². The number of aromatic nitrogens is 4. The molecule has 6 nitrogen and oxygen atoms in total. The number of rotatable bonds is 3. The van der Waals surface area contributed by atoms with Crippen molar-refractivity contribution in [3.05, 3.63) is 77.5 Å². The molecule has 0 unspecified atom stereocenters. The number of nitriles is 1. The Hall–Kier alpha value is -4.11. The average Bonchev–Trinajstić information content (AvgIpc) is 3.40. The zero-order chi connectivity index (χ0) is 21.7. The van der Waals surface area contributed by atoms with Gasteiger partial charge in [-0.15, -0.1) is 0 Å². The van der Waals surface area contributed by atoms with Crippen molar-refractivity contribution in [3.63, 3.8) is 0 Å². The minimum absolute atomic E-state index is 0.242. The molecule has 0 fully saturated rings. The number of benzene rings is 3. The van der Waals surface area contributed by atoms with Crippen molar-refractivity contribution in [1.29, 1.82) is 5.26 Å². The molecule has 6 heteroatoms. The van der Waals surface area contributed by atoms with Gasteiger partial charge in [0.25, 0.3) is 0 Å². The van der Waals surface area contributed by atoms with Gasteiger partial charge in [0, 0.05) is 35.3 Å². The normalized spacial score (nSPS) is 15.6. The van der Waals surface area contributed by atoms with Gasteiger partial charge >= 0.3 is 0 Å². The van der Waals surface area contributed by atoms with Crippen LogP contribution >= 0.6 is 0 Å². The minimum Gasteiger partial charge on any atom is -0.378 e. The molecule has 3 aromatic carbocycles. The summed E-state index contributed by atoms with van der Waals surface area (Å²) in [6.07, 6.45) is 5.25. The lowest BCUT2D eigenvalue weighted by atomic mass is 9.86. The van der Waals surface area contributed by atoms with Crippen LogP contribution in [0.2, 0.25) is 0 Å². The van der Waals surface area contributed by atoms with Crippen LogP contribution < -0.4 is 5.32 Å². The van der Waals surface area contributed by atoms with Gasteiger partial charge in [-0.2, -0.15) is 15.5 Å². The molecule has 2 heterocycles. The van der Waals surface area contributed by atoms with Gasteiger partial charge in [0.2, 0.25) is 0 Å². The third-order valence-electron chi connectivity index (χ3n) is 6.38. The molecule has 2 N–H and O–H groups in total. The summed E-state index contributed by atoms with van der Waals surface area (Å²) >= 11 is 0. The summed E-state index contributed by atoms with van der Waals surface area (Å²) in [7, 11) is 1.94. The highest BCUT2D eigenvalue weighted by atomic mass is 15.2. The van der Waals surface area contributed by atoms with E-state index in [1.165, 1.54) is 11.1 Å². The van der Waals surface area contributed by atoms with Gasteiger partial charge < -0.3 is 5.32 Å². The summed E-state index contributed by atoms with van der Waals surface area (Å²) in [5.74, 6) is 0. The first-order valence-corrected chi connectivity index (χ1v) is 10.9. The molecule has 5 aromatic rings. The largest absolute Gasteiger partial charge is 0.378 e. The fourth-order valence-electron chi connectivity index (χ4n) is 4.86. The predicted octanol–water partition coefficient (Wildman–Crippen LogP) is 5.48. The van der Waals surface area contributed by atoms with Gasteiger partial charge in [0.15, 0.2) is 0 Å². The van der Waals surface area contributed by atoms with Gasteiger partial charge in [0.1, 0.15) is 0 Å². The summed E-state index contributed by atoms with van der Waals surface area (Å²) in [4.78, 5) is 0. The van der Waals surface area contributed by atoms with Crippen LogP contribution in [0.5, 0.6) is 0 Å². The number of aromatic amines is 1. The molecule has 0 amide bonds. The first-order valence-electron chi connectivity index (χ1n) is 10.9. The van der Waals surface area contributed by atoms with Crippen LogP contribution in [0, 0.1) is 11.3 Å². The van der Waals surface area contributed by atoms with Crippen LogP contribution in [-0.2, 0) is 13.5 Å². The zero-order valence-corrected chi connectivity index (χ0v) is 17.8. The van der Waals surface area contributed by atoms with E-state index in [1.807, 2.05) is 36.1 Å². The fourth-order valence-corrected chi connectivity index (χ4v) is 4.86. The van der Waals surface area contributed by atoms with E-state index in [4.69, 9.17) is 0 Å². The highest BCUT2D eigenvalue weighted by molar-refractivity contribution is 5.97. The van der Waals surface area contributed by atoms with Crippen LogP contribution in [0.25, 0.3) is 33.1 Å². The van der Waals surface area contributed by atoms with Crippen molar-refractivity contribution in [2.24, 2.45) is 7.05 Å². The molecule has 6 rings (SSSR count). The van der Waals surface area contributed by atoms with E-state index in [9.17, 15) is 5.26 Å². The van der Waals surface area contributed by atoms with E-state index < -0.39 is 0 Å². The third kappa shape index (κ3) is 3.10. The van der Waals surface area contributed by atoms with Crippen LogP contribution in [0.15, 0.2) is 60.8 Å². The van der Waals surface area contributed by atoms with Crippen molar-refractivity contribution >= 4 is 27.5 Å². The molecule has 0 aliphatic heterocycles. The van der Waals surface area contributed by atoms with Gasteiger partial charge in [0.05, 0.1) is 34.4 Å². The second-order valence-electron chi connectivity index (χ2n) is 8.52. The van der Waals surface area contributed by atoms with Gasteiger partial charge in [-0.05, 0) is 72.9 Å². The Morgan fingerprint density at radius 2 is 2.06 bits per heavy atom. The van der Waals surface area contributed by atoms with Crippen LogP contribution in [0.1, 0.15) is 35.6 Å². The number of aryl methyl sites for hydroxylation is 2. The SMILES string of the molecule is Cn1cc2cc(-c3n[nH]c4ccc(N[C@H]5CCCc6cc(C#N)ccc65)cc34)ccc2n1. The lowest BCUT2D eigenvalue weighted by Gasteiger charge is -2.27. The van der Waals surface area contributed by atoms with Crippen LogP contribution in [0.4, 0.5) is 5.69 Å². The van der Waals surface area contributed by atoms with E-state index in [0.29, 0.717) is 0 Å². The Morgan fingerprint density at radius 3 is 2.97 bits per heavy atom. The van der Waals surface area contributed by atoms with Crippen LogP contribution in [-0.4, -0.2) is 20.0 Å². The maximum absolute atomic E-state index is 9.22. The maximum Gasteiger partial charge on any atom is 0.1000 e. The molecule has 156 valence electrons. The highest BCUT2D eigenvalue weighted by Crippen LogP contribution is 2.35. The maximum atomic E-state index is 9.22. The number of H-pyrrole nitrogens is 1. The molecule has 0 saturated heterocycles. The summed E-state index contributed by atoms with van der Waals surface area (Å²) in [6.45, 7) is 0. The number of hydrogen-bond acceptors (Lipinski definition) is 4. The monoisotopic (exact) mass is 418 g/mol. The topological polar surface area (TPSA) is 82.3 Å². The average molecular weight is 419 g/mol. The number of nitrogens with one attached hydrogen (secondary N) is 2. The second kappa shape index (κ2) is 7.24. The van der Waals surface area contributed by atoms with Gasteiger partial charge in [-0.25, -0.2) is 0 Å². The van der Waals surface area contributed by atoms with Crippen molar-refractivity contribution in [3.8, 4) is 17.3 Å². The number of hydrogen-bond donors (Lipinski definition) is 2. The molecule has 0 radical (unpaired) electrons. The first kappa shape index (κ1) is 18.6. The molecule has 2 aromatic heterocycles. The summed E-state index contributed by atoms with van der Waals surface area (Å²) in [5, 5.41) is 27.4. The lowest BCUT2D eigenvalue weighted by Crippen LogP contribution is -2.17. The molecule has 1 aliphatic carbocycles. The molecular formula is C26H22N6.